The molecule has 0 saturated carbocycles. The van der Waals surface area contributed by atoms with E-state index in [1.54, 1.807) is 29.0 Å². The number of sulfonamides is 1. The van der Waals surface area contributed by atoms with E-state index < -0.39 is 33.5 Å². The third-order valence-electron chi connectivity index (χ3n) is 3.53. The van der Waals surface area contributed by atoms with Crippen LogP contribution in [0, 0.1) is 0 Å². The van der Waals surface area contributed by atoms with Gasteiger partial charge in [-0.25, -0.2) is 19.4 Å². The molecule has 2 aromatic rings. The molecule has 2 rings (SSSR count). The fourth-order valence-electron chi connectivity index (χ4n) is 2.36. The third-order valence-corrected chi connectivity index (χ3v) is 4.73. The minimum absolute atomic E-state index is 0.162. The topological polar surface area (TPSA) is 143 Å². The van der Waals surface area contributed by atoms with E-state index in [1.807, 2.05) is 0 Å². The first kappa shape index (κ1) is 23.0. The maximum atomic E-state index is 12.7. The zero-order valence-electron chi connectivity index (χ0n) is 15.6. The van der Waals surface area contributed by atoms with E-state index in [-0.39, 0.29) is 5.84 Å². The van der Waals surface area contributed by atoms with Crippen molar-refractivity contribution in [3.63, 3.8) is 0 Å². The van der Waals surface area contributed by atoms with Gasteiger partial charge in [-0.05, 0) is 36.4 Å². The molecule has 0 atom stereocenters. The van der Waals surface area contributed by atoms with Gasteiger partial charge < -0.3 is 11.1 Å². The van der Waals surface area contributed by atoms with Crippen molar-refractivity contribution in [3.05, 3.63) is 59.7 Å². The lowest BCUT2D eigenvalue weighted by molar-refractivity contribution is -0.137. The van der Waals surface area contributed by atoms with E-state index in [0.29, 0.717) is 22.1 Å². The lowest BCUT2D eigenvalue weighted by Crippen LogP contribution is -2.40. The van der Waals surface area contributed by atoms with Crippen LogP contribution in [0.1, 0.15) is 18.1 Å². The zero-order chi connectivity index (χ0) is 22.5. The largest absolute Gasteiger partial charge is 0.416 e. The summed E-state index contributed by atoms with van der Waals surface area (Å²) in [7, 11) is -4.05. The van der Waals surface area contributed by atoms with Crippen molar-refractivity contribution in [1.29, 1.82) is 0 Å². The number of hydrogen-bond acceptors (Lipinski definition) is 7. The molecule has 2 aromatic carbocycles. The first-order chi connectivity index (χ1) is 13.9. The summed E-state index contributed by atoms with van der Waals surface area (Å²) in [6.45, 7) is 1.03. The molecular formula is C17H19F3N6O3S. The maximum Gasteiger partial charge on any atom is 0.416 e. The molecule has 0 aliphatic heterocycles. The fraction of sp³-hybridized carbons (Fsp3) is 0.176. The highest BCUT2D eigenvalue weighted by atomic mass is 32.2. The van der Waals surface area contributed by atoms with Crippen LogP contribution in [0.4, 0.5) is 24.5 Å². The average Bonchev–Trinajstić information content (AvgIpc) is 2.60. The number of hydrogen-bond donors (Lipinski definition) is 4. The number of hydrazine groups is 1. The number of amides is 1. The Morgan fingerprint density at radius 1 is 1.13 bits per heavy atom. The molecule has 0 saturated heterocycles. The van der Waals surface area contributed by atoms with Crippen LogP contribution < -0.4 is 21.6 Å². The molecular weight excluding hydrogens is 425 g/mol. The molecule has 13 heteroatoms. The van der Waals surface area contributed by atoms with E-state index >= 15 is 0 Å². The number of rotatable bonds is 7. The Kier molecular flexibility index (Phi) is 6.89. The smallest absolute Gasteiger partial charge is 0.382 e. The molecule has 0 heterocycles. The Bertz CT molecular complexity index is 1040. The van der Waals surface area contributed by atoms with Crippen LogP contribution in [0.15, 0.2) is 53.6 Å². The molecule has 0 radical (unpaired) electrons. The summed E-state index contributed by atoms with van der Waals surface area (Å²) < 4.78 is 63.2. The molecule has 0 fully saturated rings. The quantitative estimate of drug-likeness (QED) is 0.220. The van der Waals surface area contributed by atoms with Gasteiger partial charge in [-0.3, -0.25) is 9.52 Å². The molecule has 6 N–H and O–H groups in total. The van der Waals surface area contributed by atoms with E-state index in [4.69, 9.17) is 11.6 Å². The van der Waals surface area contributed by atoms with Gasteiger partial charge in [0.05, 0.1) is 5.56 Å². The van der Waals surface area contributed by atoms with Crippen LogP contribution in [0.25, 0.3) is 0 Å². The molecule has 0 aliphatic carbocycles. The number of nitrogens with zero attached hydrogens (tertiary/aromatic N) is 2. The molecule has 0 bridgehead atoms. The van der Waals surface area contributed by atoms with Gasteiger partial charge in [0.25, 0.3) is 10.0 Å². The van der Waals surface area contributed by atoms with Gasteiger partial charge in [0.15, 0.2) is 11.7 Å². The summed E-state index contributed by atoms with van der Waals surface area (Å²) >= 11 is 0. The number of carbonyl (C=O) groups is 1. The molecule has 9 nitrogen and oxygen atoms in total. The van der Waals surface area contributed by atoms with Gasteiger partial charge in [0.1, 0.15) is 0 Å². The predicted octanol–water partition coefficient (Wildman–Crippen LogP) is 1.67. The molecule has 162 valence electrons. The summed E-state index contributed by atoms with van der Waals surface area (Å²) in [5, 5.41) is 7.23. The zero-order valence-corrected chi connectivity index (χ0v) is 16.5. The average molecular weight is 444 g/mol. The number of benzene rings is 2. The van der Waals surface area contributed by atoms with Crippen molar-refractivity contribution < 1.29 is 26.4 Å². The van der Waals surface area contributed by atoms with Crippen molar-refractivity contribution in [2.24, 2.45) is 16.7 Å². The van der Waals surface area contributed by atoms with Crippen molar-refractivity contribution in [2.45, 2.75) is 13.1 Å². The monoisotopic (exact) mass is 444 g/mol. The Morgan fingerprint density at radius 2 is 1.73 bits per heavy atom. The van der Waals surface area contributed by atoms with Gasteiger partial charge in [0, 0.05) is 23.9 Å². The highest BCUT2D eigenvalue weighted by Crippen LogP contribution is 2.30. The van der Waals surface area contributed by atoms with Crippen LogP contribution >= 0.6 is 0 Å². The maximum absolute atomic E-state index is 12.7. The second kappa shape index (κ2) is 9.00. The fourth-order valence-corrected chi connectivity index (χ4v) is 3.27. The van der Waals surface area contributed by atoms with Gasteiger partial charge in [-0.2, -0.15) is 13.2 Å². The van der Waals surface area contributed by atoms with Crippen LogP contribution in [-0.2, 0) is 21.0 Å². The number of alkyl halides is 3. The Labute approximate surface area is 170 Å². The second-order valence-corrected chi connectivity index (χ2v) is 7.76. The first-order valence-corrected chi connectivity index (χ1v) is 9.93. The highest BCUT2D eigenvalue weighted by molar-refractivity contribution is 7.89. The number of anilines is 2. The molecule has 0 aromatic heterocycles. The van der Waals surface area contributed by atoms with E-state index in [0.717, 1.165) is 19.1 Å². The first-order valence-electron chi connectivity index (χ1n) is 8.28. The minimum Gasteiger partial charge on any atom is -0.382 e. The van der Waals surface area contributed by atoms with Gasteiger partial charge in [-0.1, -0.05) is 12.1 Å². The standard InChI is InChI=1S/C17H19F3N6O3S/c1-11(27)25-30(28,29)10-26(22)24-16(21)14-4-2-3-5-15(14)23-13-8-6-12(7-9-13)17(18,19)20/h2-9,23H,10,22H2,1H3,(H2,21,24)(H,25,27). The molecule has 0 unspecified atom stereocenters. The molecule has 0 spiro atoms. The Balaban J connectivity index is 2.21. The summed E-state index contributed by atoms with van der Waals surface area (Å²) in [6.07, 6.45) is -4.45. The van der Waals surface area contributed by atoms with Crippen LogP contribution in [-0.4, -0.2) is 31.2 Å². The number of para-hydroxylation sites is 1. The summed E-state index contributed by atoms with van der Waals surface area (Å²) in [6, 6.07) is 10.8. The van der Waals surface area contributed by atoms with Crippen molar-refractivity contribution in [3.8, 4) is 0 Å². The highest BCUT2D eigenvalue weighted by Gasteiger charge is 2.30. The van der Waals surface area contributed by atoms with E-state index in [1.165, 1.54) is 12.1 Å². The summed E-state index contributed by atoms with van der Waals surface area (Å²) in [5.74, 6) is 3.76. The lowest BCUT2D eigenvalue weighted by Gasteiger charge is -2.16. The number of amidine groups is 1. The lowest BCUT2D eigenvalue weighted by atomic mass is 10.1. The molecule has 1 amide bonds. The minimum atomic E-state index is -4.45. The Morgan fingerprint density at radius 3 is 2.30 bits per heavy atom. The molecule has 30 heavy (non-hydrogen) atoms. The van der Waals surface area contributed by atoms with Gasteiger partial charge in [-0.15, -0.1) is 5.10 Å². The van der Waals surface area contributed by atoms with Crippen LogP contribution in [0.3, 0.4) is 0 Å². The van der Waals surface area contributed by atoms with E-state index in [2.05, 4.69) is 10.4 Å². The summed E-state index contributed by atoms with van der Waals surface area (Å²) in [5.41, 5.74) is 6.20. The second-order valence-electron chi connectivity index (χ2n) is 6.07. The Hall–Kier alpha value is -3.32. The number of nitrogens with one attached hydrogen (secondary N) is 2. The van der Waals surface area contributed by atoms with Crippen molar-refractivity contribution in [1.82, 2.24) is 9.84 Å². The molecule has 0 aliphatic rings. The number of carbonyl (C=O) groups excluding carboxylic acids is 1. The number of nitrogens with two attached hydrogens (primary N) is 2. The third kappa shape index (κ3) is 6.63. The SMILES string of the molecule is CC(=O)NS(=O)(=O)CN(N)/N=C(\N)c1ccccc1Nc1ccc(C(F)(F)F)cc1. The predicted molar refractivity (Wildman–Crippen MR) is 106 cm³/mol. The van der Waals surface area contributed by atoms with Crippen LogP contribution in [0.2, 0.25) is 0 Å². The normalized spacial score (nSPS) is 12.4. The number of halogens is 3. The number of hydrazone groups is 1. The van der Waals surface area contributed by atoms with Gasteiger partial charge in [0.2, 0.25) is 5.91 Å². The van der Waals surface area contributed by atoms with Crippen molar-refractivity contribution >= 4 is 33.1 Å². The van der Waals surface area contributed by atoms with Crippen LogP contribution in [0.5, 0.6) is 0 Å². The van der Waals surface area contributed by atoms with E-state index in [9.17, 15) is 26.4 Å². The van der Waals surface area contributed by atoms with Crippen molar-refractivity contribution in [2.75, 3.05) is 11.2 Å². The van der Waals surface area contributed by atoms with Gasteiger partial charge >= 0.3 is 6.18 Å². The summed E-state index contributed by atoms with van der Waals surface area (Å²) in [4.78, 5) is 10.9.